The molecule has 0 aliphatic carbocycles. The van der Waals surface area contributed by atoms with Gasteiger partial charge in [0.05, 0.1) is 0 Å². The fourth-order valence-electron chi connectivity index (χ4n) is 1.05. The van der Waals surface area contributed by atoms with Crippen LogP contribution in [0.2, 0.25) is 0 Å². The van der Waals surface area contributed by atoms with Gasteiger partial charge in [-0.05, 0) is 56.8 Å². The Morgan fingerprint density at radius 2 is 2.08 bits per heavy atom. The lowest BCUT2D eigenvalue weighted by molar-refractivity contribution is 0.735. The third-order valence-electron chi connectivity index (χ3n) is 1.57. The second-order valence-corrected chi connectivity index (χ2v) is 4.54. The Morgan fingerprint density at radius 3 is 2.67 bits per heavy atom. The van der Waals surface area contributed by atoms with Gasteiger partial charge >= 0.3 is 0 Å². The number of hydrogen-bond donors (Lipinski definition) is 1. The summed E-state index contributed by atoms with van der Waals surface area (Å²) in [6.45, 7) is 2.01. The van der Waals surface area contributed by atoms with E-state index in [-0.39, 0.29) is 6.04 Å². The summed E-state index contributed by atoms with van der Waals surface area (Å²) in [5.74, 6) is 0. The molecule has 2 N–H and O–H groups in total. The van der Waals surface area contributed by atoms with Crippen molar-refractivity contribution in [1.82, 2.24) is 0 Å². The van der Waals surface area contributed by atoms with Gasteiger partial charge in [-0.25, -0.2) is 0 Å². The van der Waals surface area contributed by atoms with Crippen LogP contribution < -0.4 is 5.73 Å². The van der Waals surface area contributed by atoms with E-state index in [2.05, 4.69) is 37.9 Å². The molecule has 0 amide bonds. The number of benzene rings is 1. The van der Waals surface area contributed by atoms with Gasteiger partial charge in [-0.2, -0.15) is 0 Å². The quantitative estimate of drug-likeness (QED) is 0.891. The zero-order valence-corrected chi connectivity index (χ0v) is 10.0. The maximum atomic E-state index is 5.71. The Morgan fingerprint density at radius 1 is 1.42 bits per heavy atom. The first-order valence-electron chi connectivity index (χ1n) is 3.79. The summed E-state index contributed by atoms with van der Waals surface area (Å²) in [6, 6.07) is 6.31. The zero-order chi connectivity index (χ0) is 9.14. The summed E-state index contributed by atoms with van der Waals surface area (Å²) in [6.07, 6.45) is 0.903. The molecule has 0 saturated carbocycles. The minimum atomic E-state index is 0.204. The maximum absolute atomic E-state index is 5.71. The van der Waals surface area contributed by atoms with Crippen LogP contribution in [0.4, 0.5) is 0 Å². The monoisotopic (exact) mass is 291 g/mol. The van der Waals surface area contributed by atoms with E-state index in [0.29, 0.717) is 0 Å². The molecule has 0 aliphatic rings. The number of halogens is 2. The summed E-state index contributed by atoms with van der Waals surface area (Å²) >= 11 is 6.95. The normalized spacial score (nSPS) is 13.0. The second kappa shape index (κ2) is 4.40. The molecule has 0 radical (unpaired) electrons. The fraction of sp³-hybridized carbons (Fsp3) is 0.333. The molecular formula is C9H11Br2N. The van der Waals surface area contributed by atoms with Crippen LogP contribution in [0, 0.1) is 0 Å². The van der Waals surface area contributed by atoms with E-state index in [9.17, 15) is 0 Å². The molecule has 1 rings (SSSR count). The van der Waals surface area contributed by atoms with Gasteiger partial charge in [-0.1, -0.05) is 12.1 Å². The van der Waals surface area contributed by atoms with Crippen LogP contribution in [0.5, 0.6) is 0 Å². The summed E-state index contributed by atoms with van der Waals surface area (Å²) < 4.78 is 2.20. The van der Waals surface area contributed by atoms with Crippen LogP contribution in [0.15, 0.2) is 27.1 Å². The molecule has 0 fully saturated rings. The largest absolute Gasteiger partial charge is 0.328 e. The van der Waals surface area contributed by atoms with Crippen LogP contribution in [0.3, 0.4) is 0 Å². The van der Waals surface area contributed by atoms with Gasteiger partial charge in [0, 0.05) is 15.0 Å². The number of hydrogen-bond acceptors (Lipinski definition) is 1. The lowest BCUT2D eigenvalue weighted by atomic mass is 10.1. The van der Waals surface area contributed by atoms with E-state index in [1.165, 1.54) is 5.56 Å². The van der Waals surface area contributed by atoms with Crippen molar-refractivity contribution in [3.63, 3.8) is 0 Å². The lowest BCUT2D eigenvalue weighted by Gasteiger charge is -2.08. The van der Waals surface area contributed by atoms with E-state index in [4.69, 9.17) is 5.73 Å². The van der Waals surface area contributed by atoms with E-state index < -0.39 is 0 Å². The molecule has 1 atom stereocenters. The Kier molecular flexibility index (Phi) is 3.75. The molecular weight excluding hydrogens is 282 g/mol. The topological polar surface area (TPSA) is 26.0 Å². The van der Waals surface area contributed by atoms with Gasteiger partial charge in [-0.15, -0.1) is 0 Å². The van der Waals surface area contributed by atoms with Crippen LogP contribution in [-0.4, -0.2) is 6.04 Å². The summed E-state index contributed by atoms with van der Waals surface area (Å²) in [5.41, 5.74) is 6.96. The Balaban J connectivity index is 2.92. The highest BCUT2D eigenvalue weighted by Crippen LogP contribution is 2.27. The highest BCUT2D eigenvalue weighted by molar-refractivity contribution is 9.13. The minimum absolute atomic E-state index is 0.204. The molecule has 0 aliphatic heterocycles. The van der Waals surface area contributed by atoms with Crippen molar-refractivity contribution >= 4 is 31.9 Å². The van der Waals surface area contributed by atoms with E-state index in [1.54, 1.807) is 0 Å². The fourth-order valence-corrected chi connectivity index (χ4v) is 1.89. The number of nitrogens with two attached hydrogens (primary N) is 1. The molecule has 1 aromatic carbocycles. The van der Waals surface area contributed by atoms with Crippen molar-refractivity contribution in [1.29, 1.82) is 0 Å². The third-order valence-corrected chi connectivity index (χ3v) is 3.70. The molecule has 66 valence electrons. The SMILES string of the molecule is C[C@@H](N)Cc1cccc(Br)c1Br. The van der Waals surface area contributed by atoms with Crippen molar-refractivity contribution in [3.8, 4) is 0 Å². The van der Waals surface area contributed by atoms with Gasteiger partial charge in [0.1, 0.15) is 0 Å². The molecule has 0 spiro atoms. The molecule has 1 aromatic rings. The summed E-state index contributed by atoms with van der Waals surface area (Å²) in [7, 11) is 0. The highest BCUT2D eigenvalue weighted by atomic mass is 79.9. The number of rotatable bonds is 2. The van der Waals surface area contributed by atoms with Gasteiger partial charge in [0.25, 0.3) is 0 Å². The van der Waals surface area contributed by atoms with E-state index >= 15 is 0 Å². The van der Waals surface area contributed by atoms with Crippen LogP contribution in [0.1, 0.15) is 12.5 Å². The Labute approximate surface area is 89.6 Å². The summed E-state index contributed by atoms with van der Waals surface area (Å²) in [5, 5.41) is 0. The third kappa shape index (κ3) is 2.57. The maximum Gasteiger partial charge on any atom is 0.0350 e. The Hall–Kier alpha value is 0.140. The van der Waals surface area contributed by atoms with E-state index in [1.807, 2.05) is 19.1 Å². The lowest BCUT2D eigenvalue weighted by Crippen LogP contribution is -2.17. The standard InChI is InChI=1S/C9H11Br2N/c1-6(12)5-7-3-2-4-8(10)9(7)11/h2-4,6H,5,12H2,1H3/t6-/m1/s1. The smallest absolute Gasteiger partial charge is 0.0350 e. The van der Waals surface area contributed by atoms with E-state index in [0.717, 1.165) is 15.4 Å². The zero-order valence-electron chi connectivity index (χ0n) is 6.85. The molecule has 0 unspecified atom stereocenters. The van der Waals surface area contributed by atoms with Crippen LogP contribution >= 0.6 is 31.9 Å². The predicted octanol–water partition coefficient (Wildman–Crippen LogP) is 3.10. The second-order valence-electron chi connectivity index (χ2n) is 2.89. The molecule has 0 heterocycles. The van der Waals surface area contributed by atoms with Crippen molar-refractivity contribution in [2.75, 3.05) is 0 Å². The minimum Gasteiger partial charge on any atom is -0.328 e. The first-order chi connectivity index (χ1) is 5.61. The molecule has 3 heteroatoms. The van der Waals surface area contributed by atoms with Crippen molar-refractivity contribution in [2.45, 2.75) is 19.4 Å². The molecule has 1 nitrogen and oxygen atoms in total. The molecule has 0 aromatic heterocycles. The molecule has 0 saturated heterocycles. The van der Waals surface area contributed by atoms with Gasteiger partial charge in [0.2, 0.25) is 0 Å². The van der Waals surface area contributed by atoms with Crippen LogP contribution in [-0.2, 0) is 6.42 Å². The van der Waals surface area contributed by atoms with Crippen LogP contribution in [0.25, 0.3) is 0 Å². The van der Waals surface area contributed by atoms with Gasteiger partial charge in [0.15, 0.2) is 0 Å². The first-order valence-corrected chi connectivity index (χ1v) is 5.38. The molecule has 0 bridgehead atoms. The average Bonchev–Trinajstić information content (AvgIpc) is 1.98. The van der Waals surface area contributed by atoms with Gasteiger partial charge in [-0.3, -0.25) is 0 Å². The first kappa shape index (κ1) is 10.2. The highest BCUT2D eigenvalue weighted by Gasteiger charge is 2.04. The van der Waals surface area contributed by atoms with Crippen molar-refractivity contribution < 1.29 is 0 Å². The summed E-state index contributed by atoms with van der Waals surface area (Å²) in [4.78, 5) is 0. The average molecular weight is 293 g/mol. The van der Waals surface area contributed by atoms with Crippen molar-refractivity contribution in [3.05, 3.63) is 32.7 Å². The molecule has 12 heavy (non-hydrogen) atoms. The van der Waals surface area contributed by atoms with Crippen molar-refractivity contribution in [2.24, 2.45) is 5.73 Å². The Bertz CT molecular complexity index is 271. The van der Waals surface area contributed by atoms with Gasteiger partial charge < -0.3 is 5.73 Å². The predicted molar refractivity (Wildman–Crippen MR) is 59.2 cm³/mol.